The van der Waals surface area contributed by atoms with Gasteiger partial charge in [0.05, 0.1) is 18.9 Å². The van der Waals surface area contributed by atoms with Gasteiger partial charge >= 0.3 is 0 Å². The van der Waals surface area contributed by atoms with Crippen LogP contribution in [0, 0.1) is 0 Å². The van der Waals surface area contributed by atoms with Crippen LogP contribution in [0.4, 0.5) is 0 Å². The summed E-state index contributed by atoms with van der Waals surface area (Å²) in [5.74, 6) is 0.606. The van der Waals surface area contributed by atoms with Crippen LogP contribution < -0.4 is 0 Å². The van der Waals surface area contributed by atoms with Crippen molar-refractivity contribution in [3.63, 3.8) is 0 Å². The van der Waals surface area contributed by atoms with E-state index in [9.17, 15) is 0 Å². The Bertz CT molecular complexity index is 649. The number of fused-ring (bicyclic) bond motifs is 1. The molecule has 3 nitrogen and oxygen atoms in total. The van der Waals surface area contributed by atoms with Gasteiger partial charge in [0.15, 0.2) is 5.82 Å². The van der Waals surface area contributed by atoms with Gasteiger partial charge in [-0.2, -0.15) is 0 Å². The third-order valence-corrected chi connectivity index (χ3v) is 4.15. The quantitative estimate of drug-likeness (QED) is 0.712. The number of hydrogen-bond donors (Lipinski definition) is 0. The second-order valence-electron chi connectivity index (χ2n) is 4.19. The molecule has 0 unspecified atom stereocenters. The summed E-state index contributed by atoms with van der Waals surface area (Å²) in [5.41, 5.74) is 2.73. The molecule has 6 heteroatoms. The van der Waals surface area contributed by atoms with Crippen molar-refractivity contribution >= 4 is 39.1 Å². The summed E-state index contributed by atoms with van der Waals surface area (Å²) in [6, 6.07) is 5.50. The molecule has 0 N–H and O–H groups in total. The first-order valence-electron chi connectivity index (χ1n) is 5.73. The van der Waals surface area contributed by atoms with Crippen LogP contribution in [0.5, 0.6) is 0 Å². The molecule has 1 aliphatic heterocycles. The maximum Gasteiger partial charge on any atom is 0.162 e. The number of benzene rings is 1. The van der Waals surface area contributed by atoms with Crippen LogP contribution in [0.25, 0.3) is 11.4 Å². The van der Waals surface area contributed by atoms with Crippen molar-refractivity contribution in [1.29, 1.82) is 0 Å². The molecule has 0 atom stereocenters. The molecule has 1 aromatic carbocycles. The van der Waals surface area contributed by atoms with Gasteiger partial charge in [-0.25, -0.2) is 9.97 Å². The zero-order chi connectivity index (χ0) is 13.4. The lowest BCUT2D eigenvalue weighted by molar-refractivity contribution is 0.109. The van der Waals surface area contributed by atoms with Gasteiger partial charge in [0, 0.05) is 27.0 Å². The van der Waals surface area contributed by atoms with E-state index in [1.54, 1.807) is 0 Å². The Balaban J connectivity index is 2.13. The maximum absolute atomic E-state index is 6.21. The van der Waals surface area contributed by atoms with Crippen molar-refractivity contribution in [3.05, 3.63) is 44.1 Å². The van der Waals surface area contributed by atoms with Crippen molar-refractivity contribution in [1.82, 2.24) is 9.97 Å². The Labute approximate surface area is 129 Å². The fourth-order valence-corrected chi connectivity index (χ4v) is 3.09. The third-order valence-electron chi connectivity index (χ3n) is 2.94. The smallest absolute Gasteiger partial charge is 0.162 e. The van der Waals surface area contributed by atoms with Gasteiger partial charge in [0.2, 0.25) is 0 Å². The largest absolute Gasteiger partial charge is 0.376 e. The van der Waals surface area contributed by atoms with E-state index in [4.69, 9.17) is 27.9 Å². The lowest BCUT2D eigenvalue weighted by atomic mass is 10.1. The Morgan fingerprint density at radius 1 is 1.21 bits per heavy atom. The lowest BCUT2D eigenvalue weighted by Crippen LogP contribution is -2.14. The molecule has 0 amide bonds. The summed E-state index contributed by atoms with van der Waals surface area (Å²) >= 11 is 15.6. The van der Waals surface area contributed by atoms with E-state index in [0.717, 1.165) is 27.7 Å². The summed E-state index contributed by atoms with van der Waals surface area (Å²) < 4.78 is 6.22. The summed E-state index contributed by atoms with van der Waals surface area (Å²) in [6.07, 6.45) is 0.760. The van der Waals surface area contributed by atoms with Crippen molar-refractivity contribution < 1.29 is 4.74 Å². The summed E-state index contributed by atoms with van der Waals surface area (Å²) in [7, 11) is 0. The molecule has 0 saturated carbocycles. The SMILES string of the molecule is Clc1ccc(-c2nc(Cl)c3c(n2)CCOC3)c(Br)c1. The van der Waals surface area contributed by atoms with Crippen molar-refractivity contribution in [3.8, 4) is 11.4 Å². The van der Waals surface area contributed by atoms with Gasteiger partial charge < -0.3 is 4.74 Å². The van der Waals surface area contributed by atoms with Gasteiger partial charge in [0.25, 0.3) is 0 Å². The highest BCUT2D eigenvalue weighted by Crippen LogP contribution is 2.31. The van der Waals surface area contributed by atoms with Crippen LogP contribution >= 0.6 is 39.1 Å². The number of ether oxygens (including phenoxy) is 1. The van der Waals surface area contributed by atoms with Crippen LogP contribution in [0.2, 0.25) is 10.2 Å². The number of aromatic nitrogens is 2. The van der Waals surface area contributed by atoms with E-state index in [1.165, 1.54) is 0 Å². The van der Waals surface area contributed by atoms with Crippen molar-refractivity contribution in [2.45, 2.75) is 13.0 Å². The molecule has 1 aromatic heterocycles. The molecule has 2 aromatic rings. The Hall–Kier alpha value is -0.680. The molecule has 0 fully saturated rings. The zero-order valence-electron chi connectivity index (χ0n) is 9.79. The van der Waals surface area contributed by atoms with Crippen molar-refractivity contribution in [2.75, 3.05) is 6.61 Å². The Kier molecular flexibility index (Phi) is 3.76. The first-order chi connectivity index (χ1) is 9.15. The second kappa shape index (κ2) is 5.37. The molecule has 0 radical (unpaired) electrons. The minimum Gasteiger partial charge on any atom is -0.376 e. The van der Waals surface area contributed by atoms with Gasteiger partial charge in [-0.1, -0.05) is 23.2 Å². The lowest BCUT2D eigenvalue weighted by Gasteiger charge is -2.17. The van der Waals surface area contributed by atoms with Crippen LogP contribution in [-0.4, -0.2) is 16.6 Å². The summed E-state index contributed by atoms with van der Waals surface area (Å²) in [6.45, 7) is 1.15. The fraction of sp³-hybridized carbons (Fsp3) is 0.231. The number of hydrogen-bond acceptors (Lipinski definition) is 3. The molecular formula is C13H9BrCl2N2O. The van der Waals surface area contributed by atoms with Crippen molar-refractivity contribution in [2.24, 2.45) is 0 Å². The Morgan fingerprint density at radius 2 is 2.05 bits per heavy atom. The molecule has 98 valence electrons. The standard InChI is InChI=1S/C13H9BrCl2N2O/c14-10-5-7(15)1-2-8(10)13-17-11-3-4-19-6-9(11)12(16)18-13/h1-2,5H,3-4,6H2. The normalized spacial score (nSPS) is 14.3. The first kappa shape index (κ1) is 13.3. The minimum atomic E-state index is 0.460. The monoisotopic (exact) mass is 358 g/mol. The molecule has 1 aliphatic rings. The van der Waals surface area contributed by atoms with Gasteiger partial charge in [-0.3, -0.25) is 0 Å². The predicted octanol–water partition coefficient (Wildman–Crippen LogP) is 4.29. The maximum atomic E-state index is 6.21. The van der Waals surface area contributed by atoms with Crippen LogP contribution in [0.1, 0.15) is 11.3 Å². The van der Waals surface area contributed by atoms with E-state index in [-0.39, 0.29) is 0 Å². The summed E-state index contributed by atoms with van der Waals surface area (Å²) in [4.78, 5) is 8.93. The molecule has 0 saturated heterocycles. The van der Waals surface area contributed by atoms with E-state index < -0.39 is 0 Å². The Morgan fingerprint density at radius 3 is 2.84 bits per heavy atom. The van der Waals surface area contributed by atoms with E-state index >= 15 is 0 Å². The summed E-state index contributed by atoms with van der Waals surface area (Å²) in [5, 5.41) is 1.12. The molecule has 0 spiro atoms. The average Bonchev–Trinajstić information content (AvgIpc) is 2.38. The van der Waals surface area contributed by atoms with Gasteiger partial charge in [0.1, 0.15) is 5.15 Å². The highest BCUT2D eigenvalue weighted by molar-refractivity contribution is 9.10. The van der Waals surface area contributed by atoms with Gasteiger partial charge in [-0.05, 0) is 34.1 Å². The van der Waals surface area contributed by atoms with Gasteiger partial charge in [-0.15, -0.1) is 0 Å². The van der Waals surface area contributed by atoms with E-state index in [2.05, 4.69) is 25.9 Å². The highest BCUT2D eigenvalue weighted by Gasteiger charge is 2.18. The first-order valence-corrected chi connectivity index (χ1v) is 7.28. The second-order valence-corrected chi connectivity index (χ2v) is 5.84. The molecule has 3 rings (SSSR count). The molecule has 0 aliphatic carbocycles. The van der Waals surface area contributed by atoms with E-state index in [0.29, 0.717) is 29.2 Å². The molecular weight excluding hydrogens is 351 g/mol. The van der Waals surface area contributed by atoms with Crippen LogP contribution in [0.3, 0.4) is 0 Å². The van der Waals surface area contributed by atoms with Crippen LogP contribution in [0.15, 0.2) is 22.7 Å². The zero-order valence-corrected chi connectivity index (χ0v) is 12.9. The number of nitrogens with zero attached hydrogens (tertiary/aromatic N) is 2. The molecule has 19 heavy (non-hydrogen) atoms. The van der Waals surface area contributed by atoms with E-state index in [1.807, 2.05) is 18.2 Å². The average molecular weight is 360 g/mol. The highest BCUT2D eigenvalue weighted by atomic mass is 79.9. The fourth-order valence-electron chi connectivity index (χ4n) is 1.98. The topological polar surface area (TPSA) is 35.0 Å². The number of halogens is 3. The molecule has 2 heterocycles. The minimum absolute atomic E-state index is 0.460. The molecule has 0 bridgehead atoms. The third kappa shape index (κ3) is 2.63. The van der Waals surface area contributed by atoms with Crippen LogP contribution in [-0.2, 0) is 17.8 Å². The number of rotatable bonds is 1. The predicted molar refractivity (Wildman–Crippen MR) is 78.5 cm³/mol.